The SMILES string of the molecule is Cl.N=C(N)N1CCC(F)(F)C1C(N)=NCC1CC1. The minimum absolute atomic E-state index is 0. The minimum atomic E-state index is -2.96. The van der Waals surface area contributed by atoms with Crippen LogP contribution in [0.3, 0.4) is 0 Å². The zero-order chi connectivity index (χ0) is 12.6. The summed E-state index contributed by atoms with van der Waals surface area (Å²) in [6, 6.07) is -1.35. The van der Waals surface area contributed by atoms with Crippen molar-refractivity contribution in [1.82, 2.24) is 4.90 Å². The van der Waals surface area contributed by atoms with Gasteiger partial charge in [-0.05, 0) is 18.8 Å². The van der Waals surface area contributed by atoms with Gasteiger partial charge in [0.1, 0.15) is 5.84 Å². The number of likely N-dealkylation sites (tertiary alicyclic amines) is 1. The first-order valence-corrected chi connectivity index (χ1v) is 5.70. The van der Waals surface area contributed by atoms with Crippen LogP contribution >= 0.6 is 12.4 Å². The minimum Gasteiger partial charge on any atom is -0.386 e. The fourth-order valence-electron chi connectivity index (χ4n) is 2.02. The highest BCUT2D eigenvalue weighted by molar-refractivity contribution is 5.91. The third kappa shape index (κ3) is 3.01. The first-order valence-electron chi connectivity index (χ1n) is 5.70. The lowest BCUT2D eigenvalue weighted by molar-refractivity contribution is -0.00154. The van der Waals surface area contributed by atoms with E-state index in [9.17, 15) is 8.78 Å². The second kappa shape index (κ2) is 5.26. The largest absolute Gasteiger partial charge is 0.386 e. The molecular weight excluding hydrogens is 264 g/mol. The fraction of sp³-hybridized carbons (Fsp3) is 0.800. The van der Waals surface area contributed by atoms with Crippen LogP contribution in [0.1, 0.15) is 19.3 Å². The lowest BCUT2D eigenvalue weighted by atomic mass is 10.1. The molecule has 2 fully saturated rings. The van der Waals surface area contributed by atoms with Gasteiger partial charge in [-0.25, -0.2) is 8.78 Å². The molecule has 1 unspecified atom stereocenters. The molecule has 0 radical (unpaired) electrons. The number of guanidine groups is 1. The molecular formula is C10H18ClF2N5. The first kappa shape index (κ1) is 14.9. The molecule has 0 aromatic carbocycles. The summed E-state index contributed by atoms with van der Waals surface area (Å²) in [6.45, 7) is 0.552. The quantitative estimate of drug-likeness (QED) is 0.527. The van der Waals surface area contributed by atoms with E-state index in [0.717, 1.165) is 17.7 Å². The third-order valence-electron chi connectivity index (χ3n) is 3.22. The van der Waals surface area contributed by atoms with Gasteiger partial charge in [0.15, 0.2) is 12.0 Å². The van der Waals surface area contributed by atoms with Gasteiger partial charge < -0.3 is 16.4 Å². The first-order chi connectivity index (χ1) is 7.92. The van der Waals surface area contributed by atoms with E-state index in [2.05, 4.69) is 4.99 Å². The van der Waals surface area contributed by atoms with E-state index < -0.39 is 12.0 Å². The number of alkyl halides is 2. The summed E-state index contributed by atoms with van der Waals surface area (Å²) < 4.78 is 27.3. The van der Waals surface area contributed by atoms with Crippen molar-refractivity contribution in [3.05, 3.63) is 0 Å². The number of aliphatic imine (C=N–C) groups is 1. The van der Waals surface area contributed by atoms with E-state index in [-0.39, 0.29) is 37.2 Å². The predicted molar refractivity (Wildman–Crippen MR) is 68.4 cm³/mol. The Hall–Kier alpha value is -1.11. The van der Waals surface area contributed by atoms with Gasteiger partial charge in [0.05, 0.1) is 0 Å². The molecule has 104 valence electrons. The molecule has 0 amide bonds. The highest BCUT2D eigenvalue weighted by Crippen LogP contribution is 2.34. The highest BCUT2D eigenvalue weighted by atomic mass is 35.5. The molecule has 1 saturated heterocycles. The molecule has 1 heterocycles. The lowest BCUT2D eigenvalue weighted by Gasteiger charge is -2.27. The summed E-state index contributed by atoms with van der Waals surface area (Å²) in [5.74, 6) is -2.94. The van der Waals surface area contributed by atoms with E-state index >= 15 is 0 Å². The van der Waals surface area contributed by atoms with Gasteiger partial charge in [-0.3, -0.25) is 10.4 Å². The van der Waals surface area contributed by atoms with Crippen LogP contribution in [0.15, 0.2) is 4.99 Å². The van der Waals surface area contributed by atoms with Crippen molar-refractivity contribution in [3.63, 3.8) is 0 Å². The van der Waals surface area contributed by atoms with Crippen molar-refractivity contribution in [2.24, 2.45) is 22.4 Å². The van der Waals surface area contributed by atoms with Crippen molar-refractivity contribution < 1.29 is 8.78 Å². The van der Waals surface area contributed by atoms with Gasteiger partial charge in [0.25, 0.3) is 5.92 Å². The van der Waals surface area contributed by atoms with E-state index in [1.807, 2.05) is 0 Å². The normalized spacial score (nSPS) is 26.9. The molecule has 0 bridgehead atoms. The number of hydrogen-bond donors (Lipinski definition) is 3. The van der Waals surface area contributed by atoms with E-state index in [1.54, 1.807) is 0 Å². The number of nitrogens with zero attached hydrogens (tertiary/aromatic N) is 2. The van der Waals surface area contributed by atoms with Crippen LogP contribution in [-0.4, -0.2) is 41.7 Å². The van der Waals surface area contributed by atoms with E-state index in [4.69, 9.17) is 16.9 Å². The van der Waals surface area contributed by atoms with Crippen molar-refractivity contribution in [3.8, 4) is 0 Å². The van der Waals surface area contributed by atoms with Crippen LogP contribution < -0.4 is 11.5 Å². The Morgan fingerprint density at radius 3 is 2.50 bits per heavy atom. The smallest absolute Gasteiger partial charge is 0.276 e. The Bertz CT molecular complexity index is 356. The van der Waals surface area contributed by atoms with Gasteiger partial charge in [-0.15, -0.1) is 12.4 Å². The average molecular weight is 282 g/mol. The Morgan fingerprint density at radius 2 is 2.00 bits per heavy atom. The lowest BCUT2D eigenvalue weighted by Crippen LogP contribution is -2.52. The number of nitrogens with one attached hydrogen (secondary N) is 1. The molecule has 2 rings (SSSR count). The zero-order valence-electron chi connectivity index (χ0n) is 9.90. The summed E-state index contributed by atoms with van der Waals surface area (Å²) in [6.07, 6.45) is 1.85. The molecule has 8 heteroatoms. The zero-order valence-corrected chi connectivity index (χ0v) is 10.7. The topological polar surface area (TPSA) is 91.5 Å². The van der Waals surface area contributed by atoms with Crippen LogP contribution in [0, 0.1) is 11.3 Å². The molecule has 0 aromatic rings. The summed E-state index contributed by atoms with van der Waals surface area (Å²) in [5, 5.41) is 7.28. The maximum absolute atomic E-state index is 13.7. The number of hydrogen-bond acceptors (Lipinski definition) is 2. The highest BCUT2D eigenvalue weighted by Gasteiger charge is 2.51. The summed E-state index contributed by atoms with van der Waals surface area (Å²) in [7, 11) is 0. The van der Waals surface area contributed by atoms with Gasteiger partial charge in [-0.2, -0.15) is 0 Å². The van der Waals surface area contributed by atoms with Crippen LogP contribution in [0.4, 0.5) is 8.78 Å². The summed E-state index contributed by atoms with van der Waals surface area (Å²) in [5.41, 5.74) is 10.9. The molecule has 1 aliphatic heterocycles. The Labute approximate surface area is 111 Å². The standard InChI is InChI=1S/C10H17F2N5.ClH/c11-10(12)3-4-17(9(14)15)7(10)8(13)16-5-6-1-2-6;/h6-7H,1-5H2,(H2,13,16)(H3,14,15);1H. The molecule has 1 atom stereocenters. The molecule has 18 heavy (non-hydrogen) atoms. The van der Waals surface area contributed by atoms with Crippen LogP contribution in [-0.2, 0) is 0 Å². The molecule has 0 aromatic heterocycles. The second-order valence-electron chi connectivity index (χ2n) is 4.70. The van der Waals surface area contributed by atoms with Gasteiger partial charge >= 0.3 is 0 Å². The number of nitrogens with two attached hydrogens (primary N) is 2. The third-order valence-corrected chi connectivity index (χ3v) is 3.22. The molecule has 0 spiro atoms. The van der Waals surface area contributed by atoms with Crippen LogP contribution in [0.25, 0.3) is 0 Å². The molecule has 5 N–H and O–H groups in total. The maximum atomic E-state index is 13.7. The van der Waals surface area contributed by atoms with E-state index in [0.29, 0.717) is 12.5 Å². The van der Waals surface area contributed by atoms with Crippen molar-refractivity contribution in [1.29, 1.82) is 5.41 Å². The summed E-state index contributed by atoms with van der Waals surface area (Å²) in [4.78, 5) is 5.13. The van der Waals surface area contributed by atoms with E-state index in [1.165, 1.54) is 0 Å². The van der Waals surface area contributed by atoms with Gasteiger partial charge in [-0.1, -0.05) is 0 Å². The number of amidine groups is 1. The average Bonchev–Trinajstić information content (AvgIpc) is 2.98. The Balaban J connectivity index is 0.00000162. The van der Waals surface area contributed by atoms with Crippen molar-refractivity contribution in [2.75, 3.05) is 13.1 Å². The Morgan fingerprint density at radius 1 is 1.39 bits per heavy atom. The molecule has 5 nitrogen and oxygen atoms in total. The second-order valence-corrected chi connectivity index (χ2v) is 4.70. The predicted octanol–water partition coefficient (Wildman–Crippen LogP) is 0.778. The number of halogens is 3. The summed E-state index contributed by atoms with van der Waals surface area (Å²) >= 11 is 0. The number of rotatable bonds is 3. The monoisotopic (exact) mass is 281 g/mol. The molecule has 1 aliphatic carbocycles. The Kier molecular flexibility index (Phi) is 4.37. The van der Waals surface area contributed by atoms with Crippen LogP contribution in [0.5, 0.6) is 0 Å². The molecule has 2 aliphatic rings. The van der Waals surface area contributed by atoms with Gasteiger partial charge in [0, 0.05) is 19.5 Å². The fourth-order valence-corrected chi connectivity index (χ4v) is 2.02. The van der Waals surface area contributed by atoms with Crippen molar-refractivity contribution >= 4 is 24.2 Å². The van der Waals surface area contributed by atoms with Crippen molar-refractivity contribution in [2.45, 2.75) is 31.2 Å². The van der Waals surface area contributed by atoms with Crippen LogP contribution in [0.2, 0.25) is 0 Å². The maximum Gasteiger partial charge on any atom is 0.276 e. The van der Waals surface area contributed by atoms with Gasteiger partial charge in [0.2, 0.25) is 0 Å². The molecule has 1 saturated carbocycles.